The molecule has 1 N–H and O–H groups in total. The highest BCUT2D eigenvalue weighted by Crippen LogP contribution is 2.60. The van der Waals surface area contributed by atoms with Gasteiger partial charge in [-0.25, -0.2) is 9.07 Å². The highest BCUT2D eigenvalue weighted by atomic mass is 28.4. The quantitative estimate of drug-likeness (QED) is 0.175. The highest BCUT2D eigenvalue weighted by molar-refractivity contribution is 6.74. The second-order valence-corrected chi connectivity index (χ2v) is 22.5. The molecular formula is C41H55F4N3O3Si. The van der Waals surface area contributed by atoms with E-state index >= 15 is 0 Å². The van der Waals surface area contributed by atoms with Gasteiger partial charge in [0.25, 0.3) is 0 Å². The van der Waals surface area contributed by atoms with Gasteiger partial charge in [0.2, 0.25) is 0 Å². The molecule has 0 unspecified atom stereocenters. The Morgan fingerprint density at radius 3 is 2.25 bits per heavy atom. The number of nitrogens with zero attached hydrogens (tertiary/aromatic N) is 2. The van der Waals surface area contributed by atoms with Crippen molar-refractivity contribution in [1.82, 2.24) is 15.1 Å². The standard InChI is InChI=1S/C41H55F4N3O3Si/c1-25-9-18-33-34(22-46-38(49)41(43,44)45)35(19-26(2)37(25)33)40(6)21-27-23-48(47-36(27)20-28(40)24-50-52(7,8)39(3,4)5)30-12-16-32(17-13-30)51-31-14-10-29(42)11-15-31/h10-17,23,25-26,28,33-35,37H,9,18-22,24H2,1-8H3,(H,46,49)/t25-,26+,28+,33+,34-,35-,37+,40-/m0/s1. The topological polar surface area (TPSA) is 65.4 Å². The molecule has 0 bridgehead atoms. The molecule has 6 nitrogen and oxygen atoms in total. The van der Waals surface area contributed by atoms with Crippen LogP contribution >= 0.6 is 0 Å². The van der Waals surface area contributed by atoms with Gasteiger partial charge in [-0.3, -0.25) is 4.79 Å². The number of nitrogens with one attached hydrogen (secondary N) is 1. The molecule has 2 saturated carbocycles. The van der Waals surface area contributed by atoms with Crippen molar-refractivity contribution in [1.29, 1.82) is 0 Å². The Bertz CT molecular complexity index is 1720. The van der Waals surface area contributed by atoms with E-state index < -0.39 is 20.4 Å². The largest absolute Gasteiger partial charge is 0.471 e. The predicted molar refractivity (Wildman–Crippen MR) is 197 cm³/mol. The number of carbonyl (C=O) groups is 1. The Labute approximate surface area is 307 Å². The summed E-state index contributed by atoms with van der Waals surface area (Å²) in [4.78, 5) is 12.2. The molecule has 1 aromatic heterocycles. The van der Waals surface area contributed by atoms with Crippen LogP contribution < -0.4 is 10.1 Å². The molecule has 1 amide bonds. The molecule has 11 heteroatoms. The minimum atomic E-state index is -4.91. The minimum absolute atomic E-state index is 0.0222. The summed E-state index contributed by atoms with van der Waals surface area (Å²) >= 11 is 0. The molecule has 2 aromatic carbocycles. The first kappa shape index (κ1) is 38.5. The van der Waals surface area contributed by atoms with Gasteiger partial charge in [0, 0.05) is 19.3 Å². The molecule has 0 saturated heterocycles. The van der Waals surface area contributed by atoms with Crippen LogP contribution in [0.4, 0.5) is 17.6 Å². The first-order chi connectivity index (χ1) is 24.3. The maximum absolute atomic E-state index is 13.5. The van der Waals surface area contributed by atoms with Crippen LogP contribution in [0.2, 0.25) is 18.1 Å². The van der Waals surface area contributed by atoms with Crippen LogP contribution in [-0.4, -0.2) is 43.3 Å². The summed E-state index contributed by atoms with van der Waals surface area (Å²) in [7, 11) is -2.13. The van der Waals surface area contributed by atoms with E-state index in [-0.39, 0.29) is 46.5 Å². The Kier molecular flexibility index (Phi) is 10.5. The number of rotatable bonds is 9. The molecule has 6 rings (SSSR count). The lowest BCUT2D eigenvalue weighted by Crippen LogP contribution is -2.55. The van der Waals surface area contributed by atoms with Crippen LogP contribution in [0.1, 0.15) is 72.1 Å². The fraction of sp³-hybridized carbons (Fsp3) is 0.610. The lowest BCUT2D eigenvalue weighted by Gasteiger charge is -2.56. The lowest BCUT2D eigenvalue weighted by atomic mass is 9.50. The van der Waals surface area contributed by atoms with Gasteiger partial charge in [-0.1, -0.05) is 48.0 Å². The van der Waals surface area contributed by atoms with Gasteiger partial charge in [0.05, 0.1) is 11.4 Å². The van der Waals surface area contributed by atoms with E-state index in [4.69, 9.17) is 14.3 Å². The zero-order valence-electron chi connectivity index (χ0n) is 31.8. The van der Waals surface area contributed by atoms with Gasteiger partial charge in [-0.05, 0) is 145 Å². The molecule has 0 spiro atoms. The summed E-state index contributed by atoms with van der Waals surface area (Å²) in [5.41, 5.74) is 2.74. The smallest absolute Gasteiger partial charge is 0.457 e. The van der Waals surface area contributed by atoms with Crippen molar-refractivity contribution in [2.24, 2.45) is 46.8 Å². The summed E-state index contributed by atoms with van der Waals surface area (Å²) in [6, 6.07) is 13.5. The summed E-state index contributed by atoms with van der Waals surface area (Å²) in [6.07, 6.45) is 1.57. The third-order valence-corrected chi connectivity index (χ3v) is 18.0. The molecule has 8 atom stereocenters. The normalized spacial score (nSPS) is 29.3. The zero-order chi connectivity index (χ0) is 37.8. The molecule has 3 aliphatic rings. The van der Waals surface area contributed by atoms with Crippen LogP contribution in [0.15, 0.2) is 54.7 Å². The molecule has 2 fully saturated rings. The number of hydrogen-bond acceptors (Lipinski definition) is 4. The number of amides is 1. The summed E-state index contributed by atoms with van der Waals surface area (Å²) in [5, 5.41) is 7.46. The second kappa shape index (κ2) is 14.2. The zero-order valence-corrected chi connectivity index (χ0v) is 32.8. The van der Waals surface area contributed by atoms with Crippen molar-refractivity contribution < 1.29 is 31.5 Å². The van der Waals surface area contributed by atoms with Crippen LogP contribution in [0.25, 0.3) is 5.69 Å². The highest BCUT2D eigenvalue weighted by Gasteiger charge is 2.56. The first-order valence-corrected chi connectivity index (χ1v) is 21.8. The number of ether oxygens (including phenoxy) is 1. The fourth-order valence-corrected chi connectivity index (χ4v) is 10.6. The van der Waals surface area contributed by atoms with E-state index in [1.54, 1.807) is 12.1 Å². The van der Waals surface area contributed by atoms with Crippen molar-refractivity contribution in [3.8, 4) is 17.2 Å². The molecule has 284 valence electrons. The Morgan fingerprint density at radius 2 is 1.63 bits per heavy atom. The van der Waals surface area contributed by atoms with Crippen LogP contribution in [0.5, 0.6) is 11.5 Å². The number of hydrogen-bond donors (Lipinski definition) is 1. The van der Waals surface area contributed by atoms with E-state index in [0.717, 1.165) is 42.6 Å². The van der Waals surface area contributed by atoms with E-state index in [9.17, 15) is 22.4 Å². The van der Waals surface area contributed by atoms with Gasteiger partial charge in [0.15, 0.2) is 8.32 Å². The van der Waals surface area contributed by atoms with E-state index in [1.807, 2.05) is 28.9 Å². The average molecular weight is 742 g/mol. The Balaban J connectivity index is 1.33. The van der Waals surface area contributed by atoms with Gasteiger partial charge in [-0.15, -0.1) is 0 Å². The fourth-order valence-electron chi connectivity index (χ4n) is 9.57. The van der Waals surface area contributed by atoms with E-state index in [2.05, 4.69) is 66.2 Å². The van der Waals surface area contributed by atoms with Gasteiger partial charge in [0.1, 0.15) is 17.3 Å². The van der Waals surface area contributed by atoms with Crippen molar-refractivity contribution in [3.63, 3.8) is 0 Å². The van der Waals surface area contributed by atoms with Gasteiger partial charge < -0.3 is 14.5 Å². The Morgan fingerprint density at radius 1 is 1.00 bits per heavy atom. The maximum Gasteiger partial charge on any atom is 0.471 e. The molecule has 0 aliphatic heterocycles. The van der Waals surface area contributed by atoms with Crippen molar-refractivity contribution >= 4 is 14.2 Å². The summed E-state index contributed by atoms with van der Waals surface area (Å²) in [5.74, 6) is 0.748. The van der Waals surface area contributed by atoms with Crippen LogP contribution in [0, 0.1) is 52.7 Å². The van der Waals surface area contributed by atoms with E-state index in [0.29, 0.717) is 42.3 Å². The average Bonchev–Trinajstić information content (AvgIpc) is 3.66. The number of aromatic nitrogens is 2. The first-order valence-electron chi connectivity index (χ1n) is 18.9. The number of halogens is 4. The molecular weight excluding hydrogens is 687 g/mol. The van der Waals surface area contributed by atoms with Crippen LogP contribution in [-0.2, 0) is 22.1 Å². The van der Waals surface area contributed by atoms with Crippen molar-refractivity contribution in [2.75, 3.05) is 13.2 Å². The van der Waals surface area contributed by atoms with E-state index in [1.165, 1.54) is 12.1 Å². The molecule has 1 heterocycles. The number of fused-ring (bicyclic) bond motifs is 2. The summed E-state index contributed by atoms with van der Waals surface area (Å²) in [6.45, 7) is 18.8. The number of benzene rings is 2. The van der Waals surface area contributed by atoms with Crippen molar-refractivity contribution in [3.05, 3.63) is 71.8 Å². The third kappa shape index (κ3) is 7.72. The van der Waals surface area contributed by atoms with Gasteiger partial charge in [-0.2, -0.15) is 18.3 Å². The molecule has 52 heavy (non-hydrogen) atoms. The molecule has 3 aromatic rings. The van der Waals surface area contributed by atoms with Crippen molar-refractivity contribution in [2.45, 2.75) is 98.0 Å². The summed E-state index contributed by atoms with van der Waals surface area (Å²) < 4.78 is 68.6. The maximum atomic E-state index is 13.5. The second-order valence-electron chi connectivity index (χ2n) is 17.7. The molecule has 3 aliphatic carbocycles. The SMILES string of the molecule is C[C@@H]1C[C@H]([C@@]2(C)Cc3cn(-c4ccc(Oc5ccc(F)cc5)cc4)nc3C[C@@H]2CO[Si](C)(C)C(C)(C)C)[C@@H](CNC(=O)C(F)(F)F)[C@H]2CC[C@H](C)[C@@H]21. The molecule has 0 radical (unpaired) electrons. The number of carbonyl (C=O) groups excluding carboxylic acids is 1. The third-order valence-electron chi connectivity index (χ3n) is 13.5. The Hall–Kier alpha value is -3.18. The van der Waals surface area contributed by atoms with Crippen LogP contribution in [0.3, 0.4) is 0 Å². The van der Waals surface area contributed by atoms with Gasteiger partial charge >= 0.3 is 12.1 Å². The minimum Gasteiger partial charge on any atom is -0.457 e. The lowest BCUT2D eigenvalue weighted by molar-refractivity contribution is -0.174. The predicted octanol–water partition coefficient (Wildman–Crippen LogP) is 10.2. The monoisotopic (exact) mass is 741 g/mol. The number of alkyl halides is 3.